The maximum Gasteiger partial charge on any atom is 0.142 e. The van der Waals surface area contributed by atoms with Gasteiger partial charge in [-0.3, -0.25) is 0 Å². The second-order valence-corrected chi connectivity index (χ2v) is 7.68. The van der Waals surface area contributed by atoms with Gasteiger partial charge in [-0.15, -0.1) is 0 Å². The Hall–Kier alpha value is -3.62. The van der Waals surface area contributed by atoms with E-state index in [1.54, 1.807) is 37.4 Å². The van der Waals surface area contributed by atoms with Gasteiger partial charge >= 0.3 is 0 Å². The minimum absolute atomic E-state index is 0.101. The van der Waals surface area contributed by atoms with Gasteiger partial charge in [0.2, 0.25) is 0 Å². The SMILES string of the molecule is COCCCc1ccc(-c2cc(F)c(C#Cc3ccc4cc(F)ccc4c3)c(F)c2)c(F)c1. The Balaban J connectivity index is 1.60. The van der Waals surface area contributed by atoms with Crippen LogP contribution in [0.25, 0.3) is 21.9 Å². The Kier molecular flexibility index (Phi) is 6.76. The molecule has 33 heavy (non-hydrogen) atoms. The van der Waals surface area contributed by atoms with Gasteiger partial charge in [-0.2, -0.15) is 0 Å². The average molecular weight is 448 g/mol. The molecule has 166 valence electrons. The molecule has 4 aromatic carbocycles. The van der Waals surface area contributed by atoms with Gasteiger partial charge in [-0.05, 0) is 77.2 Å². The van der Waals surface area contributed by atoms with Crippen molar-refractivity contribution in [3.63, 3.8) is 0 Å². The molecule has 0 unspecified atom stereocenters. The Morgan fingerprint density at radius 1 is 0.727 bits per heavy atom. The predicted octanol–water partition coefficient (Wildman–Crippen LogP) is 7.04. The first-order chi connectivity index (χ1) is 15.9. The van der Waals surface area contributed by atoms with Gasteiger partial charge < -0.3 is 4.74 Å². The highest BCUT2D eigenvalue weighted by atomic mass is 19.1. The molecule has 4 rings (SSSR count). The number of rotatable bonds is 5. The highest BCUT2D eigenvalue weighted by Crippen LogP contribution is 2.27. The molecule has 0 aliphatic rings. The van der Waals surface area contributed by atoms with Gasteiger partial charge in [-0.25, -0.2) is 17.6 Å². The Morgan fingerprint density at radius 2 is 1.45 bits per heavy atom. The number of halogens is 4. The van der Waals surface area contributed by atoms with Crippen molar-refractivity contribution < 1.29 is 22.3 Å². The van der Waals surface area contributed by atoms with Crippen LogP contribution < -0.4 is 0 Å². The van der Waals surface area contributed by atoms with E-state index in [1.807, 2.05) is 0 Å². The highest BCUT2D eigenvalue weighted by Gasteiger charge is 2.14. The molecule has 0 heterocycles. The van der Waals surface area contributed by atoms with Crippen LogP contribution in [0.1, 0.15) is 23.1 Å². The average Bonchev–Trinajstić information content (AvgIpc) is 2.78. The van der Waals surface area contributed by atoms with Crippen LogP contribution in [0.2, 0.25) is 0 Å². The smallest absolute Gasteiger partial charge is 0.142 e. The zero-order chi connectivity index (χ0) is 23.4. The van der Waals surface area contributed by atoms with Crippen molar-refractivity contribution >= 4 is 10.8 Å². The summed E-state index contributed by atoms with van der Waals surface area (Å²) in [5.41, 5.74) is 1.14. The van der Waals surface area contributed by atoms with Crippen LogP contribution in [-0.4, -0.2) is 13.7 Å². The molecule has 5 heteroatoms. The number of benzene rings is 4. The summed E-state index contributed by atoms with van der Waals surface area (Å²) in [6.07, 6.45) is 1.39. The third kappa shape index (κ3) is 5.24. The normalized spacial score (nSPS) is 10.8. The van der Waals surface area contributed by atoms with Crippen molar-refractivity contribution in [1.82, 2.24) is 0 Å². The number of fused-ring (bicyclic) bond motifs is 1. The van der Waals surface area contributed by atoms with Crippen molar-refractivity contribution in [3.05, 3.63) is 107 Å². The zero-order valence-corrected chi connectivity index (χ0v) is 17.9. The van der Waals surface area contributed by atoms with Crippen LogP contribution in [0.15, 0.2) is 66.7 Å². The lowest BCUT2D eigenvalue weighted by Crippen LogP contribution is -1.96. The molecule has 0 radical (unpaired) electrons. The molecular weight excluding hydrogens is 428 g/mol. The van der Waals surface area contributed by atoms with Crippen LogP contribution in [0.4, 0.5) is 17.6 Å². The largest absolute Gasteiger partial charge is 0.385 e. The summed E-state index contributed by atoms with van der Waals surface area (Å²) in [7, 11) is 1.60. The van der Waals surface area contributed by atoms with E-state index in [0.717, 1.165) is 29.5 Å². The summed E-state index contributed by atoms with van der Waals surface area (Å²) in [4.78, 5) is 0. The molecule has 0 N–H and O–H groups in total. The van der Waals surface area contributed by atoms with Gasteiger partial charge in [-0.1, -0.05) is 36.1 Å². The van der Waals surface area contributed by atoms with Crippen LogP contribution in [-0.2, 0) is 11.2 Å². The van der Waals surface area contributed by atoms with Crippen LogP contribution >= 0.6 is 0 Å². The van der Waals surface area contributed by atoms with Crippen molar-refractivity contribution in [2.24, 2.45) is 0 Å². The molecule has 0 aliphatic carbocycles. The van der Waals surface area contributed by atoms with Gasteiger partial charge in [0, 0.05) is 24.8 Å². The minimum atomic E-state index is -0.871. The fraction of sp³-hybridized carbons (Fsp3) is 0.143. The van der Waals surface area contributed by atoms with Crippen LogP contribution in [0.3, 0.4) is 0 Å². The topological polar surface area (TPSA) is 9.23 Å². The van der Waals surface area contributed by atoms with E-state index in [0.29, 0.717) is 24.0 Å². The number of methoxy groups -OCH3 is 1. The Morgan fingerprint density at radius 3 is 2.18 bits per heavy atom. The first-order valence-electron chi connectivity index (χ1n) is 10.4. The lowest BCUT2D eigenvalue weighted by Gasteiger charge is -2.08. The first-order valence-corrected chi connectivity index (χ1v) is 10.4. The van der Waals surface area contributed by atoms with E-state index >= 15 is 0 Å². The highest BCUT2D eigenvalue weighted by molar-refractivity contribution is 5.84. The zero-order valence-electron chi connectivity index (χ0n) is 17.9. The van der Waals surface area contributed by atoms with Crippen molar-refractivity contribution in [2.45, 2.75) is 12.8 Å². The van der Waals surface area contributed by atoms with Crippen molar-refractivity contribution in [3.8, 4) is 23.0 Å². The van der Waals surface area contributed by atoms with E-state index in [2.05, 4.69) is 11.8 Å². The molecule has 4 aromatic rings. The molecule has 0 fully saturated rings. The summed E-state index contributed by atoms with van der Waals surface area (Å²) in [5.74, 6) is 2.64. The maximum atomic E-state index is 14.7. The van der Waals surface area contributed by atoms with Gasteiger partial charge in [0.25, 0.3) is 0 Å². The second kappa shape index (κ2) is 9.89. The van der Waals surface area contributed by atoms with E-state index in [-0.39, 0.29) is 16.9 Å². The molecule has 0 aromatic heterocycles. The maximum absolute atomic E-state index is 14.7. The van der Waals surface area contributed by atoms with Crippen molar-refractivity contribution in [1.29, 1.82) is 0 Å². The molecule has 0 saturated carbocycles. The van der Waals surface area contributed by atoms with Crippen LogP contribution in [0.5, 0.6) is 0 Å². The Labute approximate surface area is 189 Å². The molecule has 0 bridgehead atoms. The summed E-state index contributed by atoms with van der Waals surface area (Å²) in [5, 5.41) is 1.47. The first kappa shape index (κ1) is 22.6. The van der Waals surface area contributed by atoms with E-state index in [1.165, 1.54) is 24.3 Å². The van der Waals surface area contributed by atoms with E-state index in [4.69, 9.17) is 4.74 Å². The number of hydrogen-bond acceptors (Lipinski definition) is 1. The molecule has 0 aliphatic heterocycles. The molecule has 0 saturated heterocycles. The molecule has 1 nitrogen and oxygen atoms in total. The standard InChI is InChI=1S/C28H20F4O/c1-33-12-2-3-18-5-10-24(26(30)14-18)22-16-27(31)25(28(32)17-22)11-6-19-4-7-21-15-23(29)9-8-20(21)13-19/h4-5,7-10,13-17H,2-3,12H2,1H3. The molecule has 0 spiro atoms. The number of ether oxygens (including phenoxy) is 1. The minimum Gasteiger partial charge on any atom is -0.385 e. The molecule has 0 amide bonds. The third-order valence-corrected chi connectivity index (χ3v) is 5.33. The number of hydrogen-bond donors (Lipinski definition) is 0. The van der Waals surface area contributed by atoms with Crippen LogP contribution in [0, 0.1) is 35.1 Å². The summed E-state index contributed by atoms with van der Waals surface area (Å²) >= 11 is 0. The predicted molar refractivity (Wildman–Crippen MR) is 122 cm³/mol. The monoisotopic (exact) mass is 448 g/mol. The lowest BCUT2D eigenvalue weighted by molar-refractivity contribution is 0.195. The van der Waals surface area contributed by atoms with Gasteiger partial charge in [0.05, 0.1) is 5.56 Å². The van der Waals surface area contributed by atoms with E-state index in [9.17, 15) is 17.6 Å². The third-order valence-electron chi connectivity index (χ3n) is 5.33. The van der Waals surface area contributed by atoms with Crippen molar-refractivity contribution in [2.75, 3.05) is 13.7 Å². The van der Waals surface area contributed by atoms with Gasteiger partial charge in [0.15, 0.2) is 0 Å². The van der Waals surface area contributed by atoms with E-state index < -0.39 is 23.0 Å². The second-order valence-electron chi connectivity index (χ2n) is 7.68. The summed E-state index contributed by atoms with van der Waals surface area (Å²) in [6, 6.07) is 16.2. The quantitative estimate of drug-likeness (QED) is 0.181. The fourth-order valence-electron chi connectivity index (χ4n) is 3.65. The Bertz CT molecular complexity index is 1360. The molecule has 0 atom stereocenters. The lowest BCUT2D eigenvalue weighted by atomic mass is 9.99. The number of aryl methyl sites for hydroxylation is 1. The summed E-state index contributed by atoms with van der Waals surface area (Å²) < 4.78 is 62.3. The van der Waals surface area contributed by atoms with Gasteiger partial charge in [0.1, 0.15) is 23.3 Å². The summed E-state index contributed by atoms with van der Waals surface area (Å²) in [6.45, 7) is 0.569. The fourth-order valence-corrected chi connectivity index (χ4v) is 3.65. The molecular formula is C28H20F4O.